The third-order valence-corrected chi connectivity index (χ3v) is 2.53. The van der Waals surface area contributed by atoms with E-state index in [1.165, 1.54) is 25.7 Å². The Morgan fingerprint density at radius 2 is 1.93 bits per heavy atom. The van der Waals surface area contributed by atoms with Gasteiger partial charge in [-0.15, -0.1) is 0 Å². The fraction of sp³-hybridized carbons (Fsp3) is 0.917. The molecule has 0 aliphatic rings. The molecule has 0 aromatic rings. The van der Waals surface area contributed by atoms with Crippen LogP contribution in [0.3, 0.4) is 0 Å². The van der Waals surface area contributed by atoms with Crippen LogP contribution in [0.4, 0.5) is 0 Å². The highest BCUT2D eigenvalue weighted by molar-refractivity contribution is 7.80. The topological polar surface area (TPSA) is 21.3 Å². The van der Waals surface area contributed by atoms with Crippen molar-refractivity contribution >= 4 is 17.4 Å². The van der Waals surface area contributed by atoms with Gasteiger partial charge in [0.15, 0.2) is 0 Å². The van der Waals surface area contributed by atoms with Gasteiger partial charge in [-0.05, 0) is 38.4 Å². The highest BCUT2D eigenvalue weighted by atomic mass is 32.1. The summed E-state index contributed by atoms with van der Waals surface area (Å²) in [7, 11) is 0. The molecule has 0 saturated heterocycles. The van der Waals surface area contributed by atoms with Crippen LogP contribution in [0.2, 0.25) is 0 Å². The van der Waals surface area contributed by atoms with E-state index in [0.717, 1.165) is 19.4 Å². The van der Waals surface area contributed by atoms with E-state index in [9.17, 15) is 0 Å². The van der Waals surface area contributed by atoms with Crippen molar-refractivity contribution in [3.63, 3.8) is 0 Å². The summed E-state index contributed by atoms with van der Waals surface area (Å²) in [5, 5.41) is 3.63. The van der Waals surface area contributed by atoms with Crippen molar-refractivity contribution in [1.29, 1.82) is 0 Å². The first-order chi connectivity index (χ1) is 7.20. The minimum Gasteiger partial charge on any atom is -0.468 e. The second-order valence-corrected chi connectivity index (χ2v) is 4.36. The van der Waals surface area contributed by atoms with Crippen molar-refractivity contribution in [1.82, 2.24) is 5.32 Å². The Balaban J connectivity index is 3.38. The molecule has 1 N–H and O–H groups in total. The van der Waals surface area contributed by atoms with Gasteiger partial charge in [0, 0.05) is 6.54 Å². The van der Waals surface area contributed by atoms with Gasteiger partial charge in [0.2, 0.25) is 0 Å². The van der Waals surface area contributed by atoms with Crippen LogP contribution < -0.4 is 5.32 Å². The molecule has 0 aliphatic heterocycles. The predicted molar refractivity (Wildman–Crippen MR) is 70.2 cm³/mol. The van der Waals surface area contributed by atoms with Crippen LogP contribution in [0.25, 0.3) is 0 Å². The molecular weight excluding hydrogens is 206 g/mol. The van der Waals surface area contributed by atoms with E-state index >= 15 is 0 Å². The average Bonchev–Trinajstić information content (AvgIpc) is 2.21. The van der Waals surface area contributed by atoms with Crippen LogP contribution in [-0.2, 0) is 4.74 Å². The van der Waals surface area contributed by atoms with Gasteiger partial charge in [0.25, 0.3) is 5.17 Å². The van der Waals surface area contributed by atoms with E-state index in [1.807, 2.05) is 0 Å². The van der Waals surface area contributed by atoms with Gasteiger partial charge < -0.3 is 10.1 Å². The highest BCUT2D eigenvalue weighted by Gasteiger charge is 2.04. The van der Waals surface area contributed by atoms with Gasteiger partial charge in [0.1, 0.15) is 0 Å². The molecule has 0 heterocycles. The third kappa shape index (κ3) is 9.98. The van der Waals surface area contributed by atoms with Crippen LogP contribution in [0.5, 0.6) is 0 Å². The minimum absolute atomic E-state index is 0.249. The molecule has 0 rings (SSSR count). The van der Waals surface area contributed by atoms with Crippen molar-refractivity contribution in [2.75, 3.05) is 6.54 Å². The fourth-order valence-electron chi connectivity index (χ4n) is 1.37. The monoisotopic (exact) mass is 231 g/mol. The molecule has 90 valence electrons. The van der Waals surface area contributed by atoms with Gasteiger partial charge in [-0.2, -0.15) is 0 Å². The number of hydrogen-bond acceptors (Lipinski definition) is 2. The lowest BCUT2D eigenvalue weighted by molar-refractivity contribution is 0.190. The quantitative estimate of drug-likeness (QED) is 0.509. The molecule has 0 bridgehead atoms. The fourth-order valence-corrected chi connectivity index (χ4v) is 1.64. The van der Waals surface area contributed by atoms with Gasteiger partial charge in [0.05, 0.1) is 6.10 Å². The van der Waals surface area contributed by atoms with Crippen LogP contribution in [0.15, 0.2) is 0 Å². The molecule has 1 atom stereocenters. The maximum absolute atomic E-state index is 5.55. The van der Waals surface area contributed by atoms with Crippen molar-refractivity contribution in [2.24, 2.45) is 0 Å². The Bertz CT molecular complexity index is 162. The molecule has 0 aliphatic carbocycles. The van der Waals surface area contributed by atoms with Crippen molar-refractivity contribution in [3.8, 4) is 0 Å². The summed E-state index contributed by atoms with van der Waals surface area (Å²) < 4.78 is 5.55. The number of unbranched alkanes of at least 4 members (excludes halogenated alkanes) is 3. The lowest BCUT2D eigenvalue weighted by Crippen LogP contribution is -2.28. The van der Waals surface area contributed by atoms with E-state index < -0.39 is 0 Å². The first kappa shape index (κ1) is 14.7. The average molecular weight is 231 g/mol. The molecule has 0 radical (unpaired) electrons. The van der Waals surface area contributed by atoms with Gasteiger partial charge in [-0.1, -0.05) is 33.1 Å². The maximum atomic E-state index is 5.55. The summed E-state index contributed by atoms with van der Waals surface area (Å²) in [4.78, 5) is 0. The summed E-state index contributed by atoms with van der Waals surface area (Å²) in [6.45, 7) is 7.33. The van der Waals surface area contributed by atoms with Gasteiger partial charge in [-0.3, -0.25) is 0 Å². The third-order valence-electron chi connectivity index (χ3n) is 2.29. The number of hydrogen-bond donors (Lipinski definition) is 1. The van der Waals surface area contributed by atoms with Crippen LogP contribution in [-0.4, -0.2) is 17.8 Å². The van der Waals surface area contributed by atoms with Gasteiger partial charge in [-0.25, -0.2) is 0 Å². The molecule has 0 fully saturated rings. The van der Waals surface area contributed by atoms with E-state index in [4.69, 9.17) is 17.0 Å². The Morgan fingerprint density at radius 3 is 2.53 bits per heavy atom. The standard InChI is InChI=1S/C12H25NOS/c1-4-6-7-8-9-11(3)14-12(15)13-10-5-2/h11H,4-10H2,1-3H3,(H,13,15). The molecule has 3 heteroatoms. The lowest BCUT2D eigenvalue weighted by atomic mass is 10.1. The normalized spacial score (nSPS) is 12.2. The Kier molecular flexibility index (Phi) is 10.0. The number of rotatable bonds is 8. The molecule has 0 aromatic heterocycles. The Morgan fingerprint density at radius 1 is 1.20 bits per heavy atom. The molecule has 0 spiro atoms. The minimum atomic E-state index is 0.249. The zero-order valence-corrected chi connectivity index (χ0v) is 11.2. The second-order valence-electron chi connectivity index (χ2n) is 3.99. The van der Waals surface area contributed by atoms with E-state index in [2.05, 4.69) is 26.1 Å². The molecule has 0 saturated carbocycles. The first-order valence-electron chi connectivity index (χ1n) is 6.15. The molecule has 15 heavy (non-hydrogen) atoms. The first-order valence-corrected chi connectivity index (χ1v) is 6.56. The molecule has 1 unspecified atom stereocenters. The van der Waals surface area contributed by atoms with Crippen molar-refractivity contribution in [3.05, 3.63) is 0 Å². The number of ether oxygens (including phenoxy) is 1. The molecule has 0 amide bonds. The summed E-state index contributed by atoms with van der Waals surface area (Å²) in [6, 6.07) is 0. The molecule has 2 nitrogen and oxygen atoms in total. The second kappa shape index (κ2) is 10.2. The number of nitrogens with one attached hydrogen (secondary N) is 1. The van der Waals surface area contributed by atoms with Gasteiger partial charge >= 0.3 is 0 Å². The smallest absolute Gasteiger partial charge is 0.256 e. The van der Waals surface area contributed by atoms with Crippen LogP contribution in [0, 0.1) is 0 Å². The highest BCUT2D eigenvalue weighted by Crippen LogP contribution is 2.07. The van der Waals surface area contributed by atoms with E-state index in [-0.39, 0.29) is 6.10 Å². The van der Waals surface area contributed by atoms with Crippen LogP contribution >= 0.6 is 12.2 Å². The molecule has 0 aromatic carbocycles. The van der Waals surface area contributed by atoms with E-state index in [0.29, 0.717) is 5.17 Å². The lowest BCUT2D eigenvalue weighted by Gasteiger charge is -2.15. The van der Waals surface area contributed by atoms with Crippen molar-refractivity contribution < 1.29 is 4.74 Å². The van der Waals surface area contributed by atoms with Crippen LogP contribution in [0.1, 0.15) is 59.3 Å². The van der Waals surface area contributed by atoms with E-state index in [1.54, 1.807) is 0 Å². The Hall–Kier alpha value is -0.310. The summed E-state index contributed by atoms with van der Waals surface area (Å²) in [5.74, 6) is 0. The largest absolute Gasteiger partial charge is 0.468 e. The zero-order chi connectivity index (χ0) is 11.5. The summed E-state index contributed by atoms with van der Waals surface area (Å²) in [6.07, 6.45) is 7.59. The molecular formula is C12H25NOS. The maximum Gasteiger partial charge on any atom is 0.256 e. The summed E-state index contributed by atoms with van der Waals surface area (Å²) >= 11 is 5.06. The zero-order valence-electron chi connectivity index (χ0n) is 10.3. The SMILES string of the molecule is CCCCCCC(C)OC(=S)NCCC. The number of thiocarbonyl (C=S) groups is 1. The summed E-state index contributed by atoms with van der Waals surface area (Å²) in [5.41, 5.74) is 0. The Labute approximate surface area is 99.8 Å². The van der Waals surface area contributed by atoms with Crippen molar-refractivity contribution in [2.45, 2.75) is 65.4 Å². The predicted octanol–water partition coefficient (Wildman–Crippen LogP) is 3.65.